The van der Waals surface area contributed by atoms with Crippen molar-refractivity contribution >= 4 is 0 Å². The van der Waals surface area contributed by atoms with Gasteiger partial charge in [0.25, 0.3) is 0 Å². The number of pyridine rings is 1. The number of benzene rings is 1. The lowest BCUT2D eigenvalue weighted by Crippen LogP contribution is -2.16. The molecule has 0 atom stereocenters. The maximum atomic E-state index is 13.4. The molecule has 1 N–H and O–H groups in total. The SMILES string of the molecule is Cc1cccc(CNCCCc2ccccc2F)n1. The van der Waals surface area contributed by atoms with Crippen LogP contribution in [0.15, 0.2) is 42.5 Å². The van der Waals surface area contributed by atoms with Crippen molar-refractivity contribution < 1.29 is 4.39 Å². The number of nitrogens with zero attached hydrogens (tertiary/aromatic N) is 1. The van der Waals surface area contributed by atoms with Gasteiger partial charge in [-0.3, -0.25) is 4.98 Å². The van der Waals surface area contributed by atoms with Crippen LogP contribution in [-0.2, 0) is 13.0 Å². The monoisotopic (exact) mass is 258 g/mol. The van der Waals surface area contributed by atoms with Gasteiger partial charge in [0.1, 0.15) is 5.82 Å². The van der Waals surface area contributed by atoms with Crippen molar-refractivity contribution in [3.8, 4) is 0 Å². The van der Waals surface area contributed by atoms with Gasteiger partial charge in [-0.05, 0) is 50.1 Å². The van der Waals surface area contributed by atoms with Gasteiger partial charge in [0.05, 0.1) is 5.69 Å². The van der Waals surface area contributed by atoms with Gasteiger partial charge in [-0.1, -0.05) is 24.3 Å². The highest BCUT2D eigenvalue weighted by Gasteiger charge is 2.00. The van der Waals surface area contributed by atoms with Crippen molar-refractivity contribution in [2.75, 3.05) is 6.54 Å². The predicted molar refractivity (Wildman–Crippen MR) is 75.4 cm³/mol. The van der Waals surface area contributed by atoms with Crippen LogP contribution >= 0.6 is 0 Å². The van der Waals surface area contributed by atoms with Crippen LogP contribution in [0.3, 0.4) is 0 Å². The second kappa shape index (κ2) is 7.00. The first-order valence-corrected chi connectivity index (χ1v) is 6.62. The molecule has 0 fully saturated rings. The minimum atomic E-state index is -0.108. The molecule has 1 heterocycles. The molecule has 0 aliphatic carbocycles. The first-order chi connectivity index (χ1) is 9.25. The molecule has 1 aromatic heterocycles. The fourth-order valence-corrected chi connectivity index (χ4v) is 2.02. The Balaban J connectivity index is 1.69. The molecule has 19 heavy (non-hydrogen) atoms. The van der Waals surface area contributed by atoms with Gasteiger partial charge < -0.3 is 5.32 Å². The third-order valence-electron chi connectivity index (χ3n) is 3.01. The van der Waals surface area contributed by atoms with E-state index in [2.05, 4.69) is 10.3 Å². The quantitative estimate of drug-likeness (QED) is 0.804. The highest BCUT2D eigenvalue weighted by Crippen LogP contribution is 2.08. The summed E-state index contributed by atoms with van der Waals surface area (Å²) >= 11 is 0. The van der Waals surface area contributed by atoms with E-state index in [1.165, 1.54) is 6.07 Å². The smallest absolute Gasteiger partial charge is 0.126 e. The molecule has 0 unspecified atom stereocenters. The zero-order valence-corrected chi connectivity index (χ0v) is 11.2. The van der Waals surface area contributed by atoms with Crippen molar-refractivity contribution in [2.45, 2.75) is 26.3 Å². The summed E-state index contributed by atoms with van der Waals surface area (Å²) in [6.07, 6.45) is 1.69. The lowest BCUT2D eigenvalue weighted by atomic mass is 10.1. The number of hydrogen-bond acceptors (Lipinski definition) is 2. The molecule has 2 aromatic rings. The van der Waals surface area contributed by atoms with Crippen LogP contribution in [0, 0.1) is 12.7 Å². The van der Waals surface area contributed by atoms with Gasteiger partial charge in [0, 0.05) is 12.2 Å². The average molecular weight is 258 g/mol. The van der Waals surface area contributed by atoms with Crippen LogP contribution in [0.1, 0.15) is 23.4 Å². The summed E-state index contributed by atoms with van der Waals surface area (Å²) in [4.78, 5) is 4.42. The molecular formula is C16H19FN2. The molecular weight excluding hydrogens is 239 g/mol. The van der Waals surface area contributed by atoms with Crippen molar-refractivity contribution in [2.24, 2.45) is 0 Å². The van der Waals surface area contributed by atoms with E-state index in [1.54, 1.807) is 6.07 Å². The van der Waals surface area contributed by atoms with Gasteiger partial charge in [-0.25, -0.2) is 4.39 Å². The maximum Gasteiger partial charge on any atom is 0.126 e. The molecule has 1 aromatic carbocycles. The Morgan fingerprint density at radius 3 is 2.74 bits per heavy atom. The van der Waals surface area contributed by atoms with Gasteiger partial charge in [-0.15, -0.1) is 0 Å². The van der Waals surface area contributed by atoms with Gasteiger partial charge in [0.2, 0.25) is 0 Å². The third kappa shape index (κ3) is 4.45. The standard InChI is InChI=1S/C16H19FN2/c1-13-6-4-9-15(19-13)12-18-11-5-8-14-7-2-3-10-16(14)17/h2-4,6-7,9-10,18H,5,8,11-12H2,1H3. The first-order valence-electron chi connectivity index (χ1n) is 6.62. The minimum absolute atomic E-state index is 0.108. The molecule has 2 nitrogen and oxygen atoms in total. The van der Waals surface area contributed by atoms with E-state index >= 15 is 0 Å². The summed E-state index contributed by atoms with van der Waals surface area (Å²) in [6.45, 7) is 3.62. The Morgan fingerprint density at radius 1 is 1.11 bits per heavy atom. The summed E-state index contributed by atoms with van der Waals surface area (Å²) < 4.78 is 13.4. The molecule has 0 saturated carbocycles. The van der Waals surface area contributed by atoms with E-state index in [9.17, 15) is 4.39 Å². The Bertz CT molecular complexity index is 526. The maximum absolute atomic E-state index is 13.4. The molecule has 3 heteroatoms. The normalized spacial score (nSPS) is 10.6. The van der Waals surface area contributed by atoms with E-state index in [0.717, 1.165) is 42.9 Å². The fourth-order valence-electron chi connectivity index (χ4n) is 2.02. The van der Waals surface area contributed by atoms with Crippen LogP contribution in [0.4, 0.5) is 4.39 Å². The summed E-state index contributed by atoms with van der Waals surface area (Å²) in [5.74, 6) is -0.108. The number of rotatable bonds is 6. The van der Waals surface area contributed by atoms with Gasteiger partial charge in [-0.2, -0.15) is 0 Å². The van der Waals surface area contributed by atoms with E-state index in [1.807, 2.05) is 37.3 Å². The molecule has 0 radical (unpaired) electrons. The fraction of sp³-hybridized carbons (Fsp3) is 0.312. The topological polar surface area (TPSA) is 24.9 Å². The van der Waals surface area contributed by atoms with Crippen LogP contribution in [0.2, 0.25) is 0 Å². The van der Waals surface area contributed by atoms with Crippen LogP contribution < -0.4 is 5.32 Å². The van der Waals surface area contributed by atoms with E-state index in [0.29, 0.717) is 0 Å². The van der Waals surface area contributed by atoms with E-state index in [4.69, 9.17) is 0 Å². The molecule has 100 valence electrons. The lowest BCUT2D eigenvalue weighted by Gasteiger charge is -2.06. The summed E-state index contributed by atoms with van der Waals surface area (Å²) in [5.41, 5.74) is 2.87. The van der Waals surface area contributed by atoms with Crippen molar-refractivity contribution in [1.82, 2.24) is 10.3 Å². The second-order valence-electron chi connectivity index (χ2n) is 4.64. The molecule has 2 rings (SSSR count). The van der Waals surface area contributed by atoms with Crippen molar-refractivity contribution in [3.63, 3.8) is 0 Å². The molecule has 0 aliphatic heterocycles. The Morgan fingerprint density at radius 2 is 1.95 bits per heavy atom. The van der Waals surface area contributed by atoms with E-state index in [-0.39, 0.29) is 5.82 Å². The van der Waals surface area contributed by atoms with Gasteiger partial charge >= 0.3 is 0 Å². The molecule has 0 aliphatic rings. The highest BCUT2D eigenvalue weighted by atomic mass is 19.1. The number of nitrogens with one attached hydrogen (secondary N) is 1. The number of halogens is 1. The van der Waals surface area contributed by atoms with Crippen LogP contribution in [0.5, 0.6) is 0 Å². The lowest BCUT2D eigenvalue weighted by molar-refractivity contribution is 0.591. The van der Waals surface area contributed by atoms with E-state index < -0.39 is 0 Å². The zero-order valence-electron chi connectivity index (χ0n) is 11.2. The average Bonchev–Trinajstić information content (AvgIpc) is 2.40. The third-order valence-corrected chi connectivity index (χ3v) is 3.01. The van der Waals surface area contributed by atoms with Gasteiger partial charge in [0.15, 0.2) is 0 Å². The van der Waals surface area contributed by atoms with Crippen LogP contribution in [0.25, 0.3) is 0 Å². The number of aromatic nitrogens is 1. The summed E-state index contributed by atoms with van der Waals surface area (Å²) in [7, 11) is 0. The zero-order chi connectivity index (χ0) is 13.5. The minimum Gasteiger partial charge on any atom is -0.311 e. The first kappa shape index (κ1) is 13.7. The van der Waals surface area contributed by atoms with Crippen molar-refractivity contribution in [1.29, 1.82) is 0 Å². The second-order valence-corrected chi connectivity index (χ2v) is 4.64. The Hall–Kier alpha value is -1.74. The molecule has 0 bridgehead atoms. The molecule has 0 amide bonds. The Labute approximate surface area is 113 Å². The molecule has 0 spiro atoms. The predicted octanol–water partition coefficient (Wildman–Crippen LogP) is 3.25. The highest BCUT2D eigenvalue weighted by molar-refractivity contribution is 5.17. The summed E-state index contributed by atoms with van der Waals surface area (Å²) in [6, 6.07) is 13.0. The molecule has 0 saturated heterocycles. The van der Waals surface area contributed by atoms with Crippen LogP contribution in [-0.4, -0.2) is 11.5 Å². The summed E-state index contributed by atoms with van der Waals surface area (Å²) in [5, 5.41) is 3.33. The largest absolute Gasteiger partial charge is 0.311 e. The number of hydrogen-bond donors (Lipinski definition) is 1. The van der Waals surface area contributed by atoms with Crippen molar-refractivity contribution in [3.05, 3.63) is 65.2 Å². The number of aryl methyl sites for hydroxylation is 2. The Kier molecular flexibility index (Phi) is 5.04.